The topological polar surface area (TPSA) is 46.3 Å². The van der Waals surface area contributed by atoms with Crippen LogP contribution in [0.1, 0.15) is 36.8 Å². The van der Waals surface area contributed by atoms with Crippen molar-refractivity contribution in [2.45, 2.75) is 38.8 Å². The smallest absolute Gasteiger partial charge is 0.222 e. The molecular weight excluding hydrogens is 231 g/mol. The number of carbonyl (C=O) groups is 1. The van der Waals surface area contributed by atoms with E-state index < -0.39 is 0 Å². The predicted molar refractivity (Wildman–Crippen MR) is 68.2 cm³/mol. The maximum Gasteiger partial charge on any atom is 0.222 e. The SMILES string of the molecule is NCc1cc(F)cc(CN2CCCCCC2=O)c1. The van der Waals surface area contributed by atoms with Crippen LogP contribution in [0.25, 0.3) is 0 Å². The minimum Gasteiger partial charge on any atom is -0.338 e. The minimum absolute atomic E-state index is 0.172. The number of halogens is 1. The predicted octanol–water partition coefficient (Wildman–Crippen LogP) is 2.19. The van der Waals surface area contributed by atoms with Gasteiger partial charge in [0.05, 0.1) is 0 Å². The van der Waals surface area contributed by atoms with Crippen molar-refractivity contribution in [2.75, 3.05) is 6.54 Å². The van der Waals surface area contributed by atoms with E-state index in [4.69, 9.17) is 5.73 Å². The van der Waals surface area contributed by atoms with Gasteiger partial charge in [0.2, 0.25) is 5.91 Å². The van der Waals surface area contributed by atoms with E-state index in [0.717, 1.165) is 36.9 Å². The second-order valence-corrected chi connectivity index (χ2v) is 4.80. The summed E-state index contributed by atoms with van der Waals surface area (Å²) in [7, 11) is 0. The Kier molecular flexibility index (Phi) is 4.31. The molecule has 1 fully saturated rings. The number of rotatable bonds is 3. The molecule has 1 aromatic carbocycles. The van der Waals surface area contributed by atoms with Crippen LogP contribution in [-0.4, -0.2) is 17.4 Å². The molecule has 18 heavy (non-hydrogen) atoms. The molecule has 0 radical (unpaired) electrons. The molecule has 1 aliphatic heterocycles. The number of likely N-dealkylation sites (tertiary alicyclic amines) is 1. The largest absolute Gasteiger partial charge is 0.338 e. The standard InChI is InChI=1S/C14H19FN2O/c15-13-7-11(9-16)6-12(8-13)10-17-5-3-1-2-4-14(17)18/h6-8H,1-5,9-10,16H2. The molecule has 1 aliphatic rings. The summed E-state index contributed by atoms with van der Waals surface area (Å²) in [5.41, 5.74) is 7.12. The molecule has 1 amide bonds. The summed E-state index contributed by atoms with van der Waals surface area (Å²) in [6, 6.07) is 4.80. The van der Waals surface area contributed by atoms with Crippen LogP contribution >= 0.6 is 0 Å². The Bertz CT molecular complexity index is 434. The average molecular weight is 250 g/mol. The van der Waals surface area contributed by atoms with Gasteiger partial charge in [-0.05, 0) is 36.1 Å². The first kappa shape index (κ1) is 13.0. The molecule has 3 nitrogen and oxygen atoms in total. The van der Waals surface area contributed by atoms with Crippen LogP contribution in [0.3, 0.4) is 0 Å². The number of carbonyl (C=O) groups excluding carboxylic acids is 1. The van der Waals surface area contributed by atoms with Crippen LogP contribution in [-0.2, 0) is 17.9 Å². The monoisotopic (exact) mass is 250 g/mol. The Morgan fingerprint density at radius 1 is 1.17 bits per heavy atom. The van der Waals surface area contributed by atoms with Gasteiger partial charge >= 0.3 is 0 Å². The van der Waals surface area contributed by atoms with E-state index in [-0.39, 0.29) is 11.7 Å². The van der Waals surface area contributed by atoms with Crippen molar-refractivity contribution in [1.29, 1.82) is 0 Å². The highest BCUT2D eigenvalue weighted by atomic mass is 19.1. The highest BCUT2D eigenvalue weighted by molar-refractivity contribution is 5.76. The van der Waals surface area contributed by atoms with Gasteiger partial charge in [-0.25, -0.2) is 4.39 Å². The Morgan fingerprint density at radius 3 is 2.72 bits per heavy atom. The molecule has 0 aliphatic carbocycles. The first-order valence-corrected chi connectivity index (χ1v) is 6.45. The van der Waals surface area contributed by atoms with Gasteiger partial charge in [-0.3, -0.25) is 4.79 Å². The number of hydrogen-bond donors (Lipinski definition) is 1. The third-order valence-corrected chi connectivity index (χ3v) is 3.30. The molecule has 0 saturated carbocycles. The fourth-order valence-corrected chi connectivity index (χ4v) is 2.35. The summed E-state index contributed by atoms with van der Waals surface area (Å²) in [6.07, 6.45) is 3.70. The van der Waals surface area contributed by atoms with Gasteiger partial charge in [-0.2, -0.15) is 0 Å². The molecule has 2 N–H and O–H groups in total. The second-order valence-electron chi connectivity index (χ2n) is 4.80. The summed E-state index contributed by atoms with van der Waals surface area (Å²) < 4.78 is 13.4. The quantitative estimate of drug-likeness (QED) is 0.893. The zero-order valence-corrected chi connectivity index (χ0v) is 10.5. The van der Waals surface area contributed by atoms with Crippen molar-refractivity contribution in [3.8, 4) is 0 Å². The Balaban J connectivity index is 2.12. The third kappa shape index (κ3) is 3.29. The van der Waals surface area contributed by atoms with Crippen LogP contribution in [0.4, 0.5) is 4.39 Å². The molecule has 0 spiro atoms. The number of nitrogens with zero attached hydrogens (tertiary/aromatic N) is 1. The lowest BCUT2D eigenvalue weighted by Gasteiger charge is -2.20. The molecule has 0 atom stereocenters. The summed E-state index contributed by atoms with van der Waals surface area (Å²) in [5.74, 6) is -0.110. The summed E-state index contributed by atoms with van der Waals surface area (Å²) in [5, 5.41) is 0. The lowest BCUT2D eigenvalue weighted by atomic mass is 10.1. The van der Waals surface area contributed by atoms with E-state index in [1.54, 1.807) is 0 Å². The molecule has 98 valence electrons. The van der Waals surface area contributed by atoms with Gasteiger partial charge in [0.15, 0.2) is 0 Å². The fraction of sp³-hybridized carbons (Fsp3) is 0.500. The van der Waals surface area contributed by atoms with Gasteiger partial charge in [-0.15, -0.1) is 0 Å². The first-order valence-electron chi connectivity index (χ1n) is 6.45. The van der Waals surface area contributed by atoms with Crippen LogP contribution in [0.5, 0.6) is 0 Å². The van der Waals surface area contributed by atoms with Crippen LogP contribution in [0.2, 0.25) is 0 Å². The van der Waals surface area contributed by atoms with Gasteiger partial charge in [0.1, 0.15) is 5.82 Å². The zero-order valence-electron chi connectivity index (χ0n) is 10.5. The van der Waals surface area contributed by atoms with Crippen LogP contribution in [0, 0.1) is 5.82 Å². The van der Waals surface area contributed by atoms with Crippen LogP contribution in [0.15, 0.2) is 18.2 Å². The van der Waals surface area contributed by atoms with Gasteiger partial charge in [-0.1, -0.05) is 12.5 Å². The van der Waals surface area contributed by atoms with Gasteiger partial charge < -0.3 is 10.6 Å². The maximum atomic E-state index is 13.4. The normalized spacial score (nSPS) is 16.8. The van der Waals surface area contributed by atoms with E-state index >= 15 is 0 Å². The molecule has 0 bridgehead atoms. The van der Waals surface area contributed by atoms with Crippen molar-refractivity contribution in [3.05, 3.63) is 35.1 Å². The molecule has 2 rings (SSSR count). The summed E-state index contributed by atoms with van der Waals surface area (Å²) in [6.45, 7) is 1.58. The van der Waals surface area contributed by atoms with Crippen molar-refractivity contribution >= 4 is 5.91 Å². The number of hydrogen-bond acceptors (Lipinski definition) is 2. The van der Waals surface area contributed by atoms with Crippen molar-refractivity contribution in [1.82, 2.24) is 4.90 Å². The van der Waals surface area contributed by atoms with E-state index in [1.165, 1.54) is 12.1 Å². The molecule has 0 aromatic heterocycles. The molecule has 0 unspecified atom stereocenters. The maximum absolute atomic E-state index is 13.4. The second kappa shape index (κ2) is 5.96. The molecular formula is C14H19FN2O. The van der Waals surface area contributed by atoms with Crippen molar-refractivity contribution in [2.24, 2.45) is 5.73 Å². The van der Waals surface area contributed by atoms with E-state index in [1.807, 2.05) is 11.0 Å². The highest BCUT2D eigenvalue weighted by Crippen LogP contribution is 2.16. The fourth-order valence-electron chi connectivity index (χ4n) is 2.35. The molecule has 1 heterocycles. The number of nitrogens with two attached hydrogens (primary N) is 1. The number of amides is 1. The Labute approximate surface area is 107 Å². The zero-order chi connectivity index (χ0) is 13.0. The highest BCUT2D eigenvalue weighted by Gasteiger charge is 2.17. The van der Waals surface area contributed by atoms with Crippen molar-refractivity contribution < 1.29 is 9.18 Å². The van der Waals surface area contributed by atoms with Crippen LogP contribution < -0.4 is 5.73 Å². The van der Waals surface area contributed by atoms with Crippen molar-refractivity contribution in [3.63, 3.8) is 0 Å². The number of benzene rings is 1. The van der Waals surface area contributed by atoms with E-state index in [0.29, 0.717) is 19.5 Å². The van der Waals surface area contributed by atoms with Gasteiger partial charge in [0.25, 0.3) is 0 Å². The van der Waals surface area contributed by atoms with E-state index in [9.17, 15) is 9.18 Å². The Morgan fingerprint density at radius 2 is 1.94 bits per heavy atom. The summed E-state index contributed by atoms with van der Waals surface area (Å²) >= 11 is 0. The first-order chi connectivity index (χ1) is 8.69. The minimum atomic E-state index is -0.282. The molecule has 1 saturated heterocycles. The molecule has 1 aromatic rings. The molecule has 4 heteroatoms. The average Bonchev–Trinajstić information content (AvgIpc) is 2.54. The lowest BCUT2D eigenvalue weighted by Crippen LogP contribution is -2.29. The van der Waals surface area contributed by atoms with Gasteiger partial charge in [0, 0.05) is 26.1 Å². The summed E-state index contributed by atoms with van der Waals surface area (Å²) in [4.78, 5) is 13.7. The Hall–Kier alpha value is -1.42. The van der Waals surface area contributed by atoms with E-state index in [2.05, 4.69) is 0 Å². The lowest BCUT2D eigenvalue weighted by molar-refractivity contribution is -0.131. The third-order valence-electron chi connectivity index (χ3n) is 3.30.